The molecule has 1 aliphatic heterocycles. The normalized spacial score (nSPS) is 19.8. The van der Waals surface area contributed by atoms with Crippen LogP contribution in [0.1, 0.15) is 35.7 Å². The van der Waals surface area contributed by atoms with Gasteiger partial charge in [-0.1, -0.05) is 23.9 Å². The van der Waals surface area contributed by atoms with Crippen LogP contribution in [0.15, 0.2) is 35.2 Å². The first-order chi connectivity index (χ1) is 12.8. The van der Waals surface area contributed by atoms with Gasteiger partial charge in [0.2, 0.25) is 5.91 Å². The predicted octanol–water partition coefficient (Wildman–Crippen LogP) is 2.71. The van der Waals surface area contributed by atoms with E-state index in [9.17, 15) is 18.4 Å². The van der Waals surface area contributed by atoms with Gasteiger partial charge in [-0.15, -0.1) is 0 Å². The number of aromatic nitrogens is 2. The molecule has 1 aromatic heterocycles. The van der Waals surface area contributed by atoms with Crippen molar-refractivity contribution in [2.45, 2.75) is 43.3 Å². The third-order valence-corrected chi connectivity index (χ3v) is 4.71. The molecule has 144 valence electrons. The van der Waals surface area contributed by atoms with Gasteiger partial charge < -0.3 is 10.6 Å². The highest BCUT2D eigenvalue weighted by molar-refractivity contribution is 7.99. The molecule has 27 heavy (non-hydrogen) atoms. The summed E-state index contributed by atoms with van der Waals surface area (Å²) in [4.78, 5) is 24.7. The average molecular weight is 395 g/mol. The molecule has 0 saturated carbocycles. The van der Waals surface area contributed by atoms with E-state index in [1.165, 1.54) is 16.8 Å². The molecule has 3 rings (SSSR count). The number of benzene rings is 1. The minimum atomic E-state index is -2.63. The van der Waals surface area contributed by atoms with Gasteiger partial charge in [0, 0.05) is 23.4 Å². The Labute approximate surface area is 158 Å². The molecule has 0 radical (unpaired) electrons. The third kappa shape index (κ3) is 4.64. The Balaban J connectivity index is 1.85. The smallest absolute Gasteiger partial charge is 0.288 e. The highest BCUT2D eigenvalue weighted by Crippen LogP contribution is 2.29. The molecular formula is C17H19F2N5O2S. The van der Waals surface area contributed by atoms with E-state index in [1.807, 2.05) is 6.92 Å². The summed E-state index contributed by atoms with van der Waals surface area (Å²) in [5.74, 6) is -2.94. The SMILES string of the molecule is Cc1cc(NC(=O)c2ccccc2SC(F)F)n(C2NC(=O)CC(C)N2)n1. The van der Waals surface area contributed by atoms with Crippen LogP contribution >= 0.6 is 11.8 Å². The first-order valence-electron chi connectivity index (χ1n) is 8.30. The molecule has 2 heterocycles. The summed E-state index contributed by atoms with van der Waals surface area (Å²) in [6.07, 6.45) is -0.271. The van der Waals surface area contributed by atoms with Crippen LogP contribution < -0.4 is 16.0 Å². The van der Waals surface area contributed by atoms with E-state index in [1.54, 1.807) is 25.1 Å². The van der Waals surface area contributed by atoms with Crippen molar-refractivity contribution in [3.05, 3.63) is 41.6 Å². The van der Waals surface area contributed by atoms with Crippen LogP contribution in [-0.2, 0) is 4.79 Å². The summed E-state index contributed by atoms with van der Waals surface area (Å²) in [5, 5.41) is 13.0. The van der Waals surface area contributed by atoms with Crippen LogP contribution in [0.2, 0.25) is 0 Å². The molecule has 2 atom stereocenters. The molecule has 0 bridgehead atoms. The summed E-state index contributed by atoms with van der Waals surface area (Å²) in [7, 11) is 0. The predicted molar refractivity (Wildman–Crippen MR) is 97.6 cm³/mol. The lowest BCUT2D eigenvalue weighted by atomic mass is 10.2. The maximum atomic E-state index is 12.7. The molecule has 1 aliphatic rings. The molecule has 0 spiro atoms. The number of nitrogens with one attached hydrogen (secondary N) is 3. The van der Waals surface area contributed by atoms with Crippen LogP contribution in [-0.4, -0.2) is 33.4 Å². The van der Waals surface area contributed by atoms with E-state index in [4.69, 9.17) is 0 Å². The Kier molecular flexibility index (Phi) is 5.76. The molecule has 2 amide bonds. The largest absolute Gasteiger partial charge is 0.322 e. The van der Waals surface area contributed by atoms with Crippen LogP contribution in [0.4, 0.5) is 14.6 Å². The number of alkyl halides is 2. The lowest BCUT2D eigenvalue weighted by Crippen LogP contribution is -2.52. The van der Waals surface area contributed by atoms with Crippen molar-refractivity contribution in [2.75, 3.05) is 5.32 Å². The van der Waals surface area contributed by atoms with Gasteiger partial charge in [-0.05, 0) is 26.0 Å². The molecule has 1 saturated heterocycles. The Morgan fingerprint density at radius 1 is 1.41 bits per heavy atom. The fourth-order valence-electron chi connectivity index (χ4n) is 2.83. The molecule has 1 aromatic carbocycles. The lowest BCUT2D eigenvalue weighted by molar-refractivity contribution is -0.125. The third-order valence-electron chi connectivity index (χ3n) is 3.92. The van der Waals surface area contributed by atoms with Crippen LogP contribution in [0, 0.1) is 6.92 Å². The van der Waals surface area contributed by atoms with Crippen LogP contribution in [0.3, 0.4) is 0 Å². The standard InChI is InChI=1S/C17H19F2N5O2S/c1-9-8-14(25)22-17(20-9)24-13(7-10(2)23-24)21-15(26)11-5-3-4-6-12(11)27-16(18)19/h3-7,9,16-17,20H,8H2,1-2H3,(H,21,26)(H,22,25). The van der Waals surface area contributed by atoms with Gasteiger partial charge >= 0.3 is 0 Å². The summed E-state index contributed by atoms with van der Waals surface area (Å²) in [6, 6.07) is 7.75. The summed E-state index contributed by atoms with van der Waals surface area (Å²) in [6.45, 7) is 3.62. The minimum Gasteiger partial charge on any atom is -0.322 e. The van der Waals surface area contributed by atoms with E-state index < -0.39 is 18.0 Å². The molecule has 3 N–H and O–H groups in total. The number of carbonyl (C=O) groups is 2. The van der Waals surface area contributed by atoms with Crippen LogP contribution in [0.5, 0.6) is 0 Å². The number of nitrogens with zero attached hydrogens (tertiary/aromatic N) is 2. The molecule has 1 fully saturated rings. The zero-order chi connectivity index (χ0) is 19.6. The number of hydrogen-bond donors (Lipinski definition) is 3. The van der Waals surface area contributed by atoms with Gasteiger partial charge in [0.25, 0.3) is 11.7 Å². The second-order valence-electron chi connectivity index (χ2n) is 6.19. The van der Waals surface area contributed by atoms with Crippen molar-refractivity contribution in [2.24, 2.45) is 0 Å². The monoisotopic (exact) mass is 395 g/mol. The molecule has 2 unspecified atom stereocenters. The van der Waals surface area contributed by atoms with Crippen LogP contribution in [0.25, 0.3) is 0 Å². The van der Waals surface area contributed by atoms with Crippen molar-refractivity contribution < 1.29 is 18.4 Å². The van der Waals surface area contributed by atoms with E-state index in [2.05, 4.69) is 21.0 Å². The van der Waals surface area contributed by atoms with Crippen molar-refractivity contribution in [3.8, 4) is 0 Å². The fraction of sp³-hybridized carbons (Fsp3) is 0.353. The second kappa shape index (κ2) is 8.05. The quantitative estimate of drug-likeness (QED) is 0.678. The van der Waals surface area contributed by atoms with Crippen molar-refractivity contribution in [1.82, 2.24) is 20.4 Å². The molecule has 0 aliphatic carbocycles. The summed E-state index contributed by atoms with van der Waals surface area (Å²) in [5.41, 5.74) is 0.775. The second-order valence-corrected chi connectivity index (χ2v) is 7.22. The van der Waals surface area contributed by atoms with E-state index in [0.717, 1.165) is 0 Å². The number of thioether (sulfide) groups is 1. The number of rotatable bonds is 5. The number of anilines is 1. The van der Waals surface area contributed by atoms with Gasteiger partial charge in [0.15, 0.2) is 6.29 Å². The summed E-state index contributed by atoms with van der Waals surface area (Å²) < 4.78 is 26.9. The number of halogens is 2. The van der Waals surface area contributed by atoms with Gasteiger partial charge in [0.1, 0.15) is 5.82 Å². The number of aryl methyl sites for hydroxylation is 1. The Morgan fingerprint density at radius 3 is 2.85 bits per heavy atom. The molecule has 10 heteroatoms. The number of amides is 2. The minimum absolute atomic E-state index is 0.0556. The molecule has 2 aromatic rings. The van der Waals surface area contributed by atoms with Crippen molar-refractivity contribution >= 4 is 29.4 Å². The first kappa shape index (κ1) is 19.3. The van der Waals surface area contributed by atoms with Gasteiger partial charge in [0.05, 0.1) is 11.3 Å². The first-order valence-corrected chi connectivity index (χ1v) is 9.18. The molecular weight excluding hydrogens is 376 g/mol. The topological polar surface area (TPSA) is 88.0 Å². The zero-order valence-corrected chi connectivity index (χ0v) is 15.5. The van der Waals surface area contributed by atoms with Crippen molar-refractivity contribution in [3.63, 3.8) is 0 Å². The van der Waals surface area contributed by atoms with Gasteiger partial charge in [-0.3, -0.25) is 14.9 Å². The van der Waals surface area contributed by atoms with E-state index in [0.29, 0.717) is 29.7 Å². The summed E-state index contributed by atoms with van der Waals surface area (Å²) >= 11 is 0.316. The van der Waals surface area contributed by atoms with E-state index in [-0.39, 0.29) is 22.4 Å². The van der Waals surface area contributed by atoms with E-state index >= 15 is 0 Å². The Morgan fingerprint density at radius 2 is 2.15 bits per heavy atom. The van der Waals surface area contributed by atoms with Crippen molar-refractivity contribution in [1.29, 1.82) is 0 Å². The lowest BCUT2D eigenvalue weighted by Gasteiger charge is -2.30. The van der Waals surface area contributed by atoms with Gasteiger partial charge in [-0.25, -0.2) is 4.68 Å². The number of carbonyl (C=O) groups excluding carboxylic acids is 2. The maximum Gasteiger partial charge on any atom is 0.288 e. The highest BCUT2D eigenvalue weighted by atomic mass is 32.2. The number of hydrogen-bond acceptors (Lipinski definition) is 5. The average Bonchev–Trinajstić information content (AvgIpc) is 2.94. The fourth-order valence-corrected chi connectivity index (χ4v) is 3.47. The Bertz CT molecular complexity index is 858. The Hall–Kier alpha value is -2.46. The zero-order valence-electron chi connectivity index (χ0n) is 14.7. The highest BCUT2D eigenvalue weighted by Gasteiger charge is 2.27. The van der Waals surface area contributed by atoms with Gasteiger partial charge in [-0.2, -0.15) is 13.9 Å². The maximum absolute atomic E-state index is 12.7. The molecule has 7 nitrogen and oxygen atoms in total.